The van der Waals surface area contributed by atoms with Crippen molar-refractivity contribution in [3.8, 4) is 5.88 Å². The summed E-state index contributed by atoms with van der Waals surface area (Å²) in [5, 5.41) is 10.8. The Morgan fingerprint density at radius 2 is 2.42 bits per heavy atom. The van der Waals surface area contributed by atoms with Gasteiger partial charge < -0.3 is 10.1 Å². The van der Waals surface area contributed by atoms with Crippen molar-refractivity contribution in [3.63, 3.8) is 0 Å². The fourth-order valence-electron chi connectivity index (χ4n) is 2.39. The number of ether oxygens (including phenoxy) is 1. The summed E-state index contributed by atoms with van der Waals surface area (Å²) in [4.78, 5) is 1.11. The van der Waals surface area contributed by atoms with Crippen LogP contribution in [0.25, 0.3) is 0 Å². The number of nitrogens with one attached hydrogen (secondary N) is 2. The first-order valence-corrected chi connectivity index (χ1v) is 7.56. The summed E-state index contributed by atoms with van der Waals surface area (Å²) in [6.45, 7) is 4.67. The Morgan fingerprint density at radius 3 is 3.11 bits per heavy atom. The summed E-state index contributed by atoms with van der Waals surface area (Å²) in [5.41, 5.74) is 2.25. The Kier molecular flexibility index (Phi) is 3.77. The minimum Gasteiger partial charge on any atom is -0.472 e. The molecule has 0 saturated carbocycles. The lowest BCUT2D eigenvalue weighted by Gasteiger charge is -2.06. The van der Waals surface area contributed by atoms with Gasteiger partial charge in [-0.2, -0.15) is 5.10 Å². The molecule has 102 valence electrons. The van der Waals surface area contributed by atoms with Crippen LogP contribution in [-0.2, 0) is 6.61 Å². The number of H-pyrrole nitrogens is 1. The average molecular weight is 298 g/mol. The first-order chi connectivity index (χ1) is 9.24. The smallest absolute Gasteiger partial charge is 0.212 e. The van der Waals surface area contributed by atoms with Gasteiger partial charge in [-0.25, -0.2) is 5.10 Å². The highest BCUT2D eigenvalue weighted by Crippen LogP contribution is 2.29. The molecule has 1 saturated heterocycles. The van der Waals surface area contributed by atoms with E-state index in [0.717, 1.165) is 45.9 Å². The molecular weight excluding hydrogens is 282 g/mol. The molecular formula is C13H16ClN3OS. The zero-order valence-corrected chi connectivity index (χ0v) is 12.3. The van der Waals surface area contributed by atoms with E-state index in [4.69, 9.17) is 16.3 Å². The van der Waals surface area contributed by atoms with Gasteiger partial charge in [0.2, 0.25) is 5.88 Å². The molecule has 0 spiro atoms. The molecule has 0 aromatic carbocycles. The summed E-state index contributed by atoms with van der Waals surface area (Å²) in [7, 11) is 0. The van der Waals surface area contributed by atoms with Crippen molar-refractivity contribution in [2.45, 2.75) is 25.9 Å². The van der Waals surface area contributed by atoms with Crippen LogP contribution in [0.3, 0.4) is 0 Å². The number of rotatable bonds is 4. The molecule has 19 heavy (non-hydrogen) atoms. The van der Waals surface area contributed by atoms with E-state index in [1.165, 1.54) is 0 Å². The zero-order valence-electron chi connectivity index (χ0n) is 10.7. The third-order valence-corrected chi connectivity index (χ3v) is 4.64. The van der Waals surface area contributed by atoms with E-state index < -0.39 is 0 Å². The van der Waals surface area contributed by atoms with Crippen LogP contribution < -0.4 is 10.1 Å². The van der Waals surface area contributed by atoms with Gasteiger partial charge in [-0.3, -0.25) is 0 Å². The van der Waals surface area contributed by atoms with Crippen LogP contribution in [0.1, 0.15) is 28.5 Å². The lowest BCUT2D eigenvalue weighted by molar-refractivity contribution is 0.295. The van der Waals surface area contributed by atoms with Crippen molar-refractivity contribution < 1.29 is 4.74 Å². The first kappa shape index (κ1) is 13.0. The van der Waals surface area contributed by atoms with E-state index in [0.29, 0.717) is 12.5 Å². The van der Waals surface area contributed by atoms with E-state index in [-0.39, 0.29) is 0 Å². The van der Waals surface area contributed by atoms with Crippen molar-refractivity contribution in [1.82, 2.24) is 15.5 Å². The minimum atomic E-state index is 0.504. The SMILES string of the molecule is Cc1c(C2CCNC2)n[nH]c1OCc1ccc(Cl)s1. The molecule has 1 aliphatic heterocycles. The van der Waals surface area contributed by atoms with Gasteiger partial charge in [0.05, 0.1) is 10.0 Å². The normalized spacial score (nSPS) is 18.9. The number of nitrogens with zero attached hydrogens (tertiary/aromatic N) is 1. The lowest BCUT2D eigenvalue weighted by Crippen LogP contribution is -2.08. The Labute approximate surface area is 121 Å². The summed E-state index contributed by atoms with van der Waals surface area (Å²) in [5.74, 6) is 1.27. The summed E-state index contributed by atoms with van der Waals surface area (Å²) in [6, 6.07) is 3.88. The molecule has 3 heterocycles. The molecule has 4 nitrogen and oxygen atoms in total. The van der Waals surface area contributed by atoms with Crippen LogP contribution in [0.15, 0.2) is 12.1 Å². The molecule has 1 aliphatic rings. The molecule has 2 aromatic heterocycles. The van der Waals surface area contributed by atoms with Crippen LogP contribution in [-0.4, -0.2) is 23.3 Å². The summed E-state index contributed by atoms with van der Waals surface area (Å²) >= 11 is 7.44. The van der Waals surface area contributed by atoms with E-state index >= 15 is 0 Å². The van der Waals surface area contributed by atoms with Gasteiger partial charge in [0, 0.05) is 22.9 Å². The third-order valence-electron chi connectivity index (χ3n) is 3.44. The first-order valence-electron chi connectivity index (χ1n) is 6.36. The number of halogens is 1. The Morgan fingerprint density at radius 1 is 1.53 bits per heavy atom. The highest BCUT2D eigenvalue weighted by molar-refractivity contribution is 7.16. The fourth-order valence-corrected chi connectivity index (χ4v) is 3.39. The van der Waals surface area contributed by atoms with Gasteiger partial charge >= 0.3 is 0 Å². The standard InChI is InChI=1S/C13H16ClN3OS/c1-8-12(9-4-5-15-6-9)16-17-13(8)18-7-10-2-3-11(14)19-10/h2-3,9,15H,4-7H2,1H3,(H,16,17). The summed E-state index contributed by atoms with van der Waals surface area (Å²) in [6.07, 6.45) is 1.14. The maximum absolute atomic E-state index is 5.90. The molecule has 0 amide bonds. The number of aromatic nitrogens is 2. The molecule has 1 fully saturated rings. The lowest BCUT2D eigenvalue weighted by atomic mass is 10.0. The van der Waals surface area contributed by atoms with Crippen molar-refractivity contribution in [2.75, 3.05) is 13.1 Å². The highest BCUT2D eigenvalue weighted by Gasteiger charge is 2.23. The number of hydrogen-bond donors (Lipinski definition) is 2. The zero-order chi connectivity index (χ0) is 13.2. The Bertz CT molecular complexity index is 560. The monoisotopic (exact) mass is 297 g/mol. The third kappa shape index (κ3) is 2.78. The maximum Gasteiger partial charge on any atom is 0.212 e. The predicted octanol–water partition coefficient (Wildman–Crippen LogP) is 3.09. The molecule has 1 atom stereocenters. The minimum absolute atomic E-state index is 0.504. The van der Waals surface area contributed by atoms with Gasteiger partial charge in [0.1, 0.15) is 6.61 Å². The largest absolute Gasteiger partial charge is 0.472 e. The fraction of sp³-hybridized carbons (Fsp3) is 0.462. The van der Waals surface area contributed by atoms with Gasteiger partial charge in [0.25, 0.3) is 0 Å². The van der Waals surface area contributed by atoms with Gasteiger partial charge in [-0.15, -0.1) is 11.3 Å². The van der Waals surface area contributed by atoms with E-state index in [1.54, 1.807) is 11.3 Å². The predicted molar refractivity (Wildman–Crippen MR) is 77.2 cm³/mol. The molecule has 2 N–H and O–H groups in total. The molecule has 6 heteroatoms. The molecule has 0 aliphatic carbocycles. The van der Waals surface area contributed by atoms with Crippen LogP contribution in [0.4, 0.5) is 0 Å². The topological polar surface area (TPSA) is 49.9 Å². The van der Waals surface area contributed by atoms with Crippen molar-refractivity contribution in [1.29, 1.82) is 0 Å². The summed E-state index contributed by atoms with van der Waals surface area (Å²) < 4.78 is 6.58. The molecule has 1 unspecified atom stereocenters. The van der Waals surface area contributed by atoms with Gasteiger partial charge in [0.15, 0.2) is 0 Å². The Balaban J connectivity index is 1.68. The molecule has 2 aromatic rings. The van der Waals surface area contributed by atoms with Crippen molar-refractivity contribution >= 4 is 22.9 Å². The Hall–Kier alpha value is -1.04. The second-order valence-electron chi connectivity index (χ2n) is 4.75. The second kappa shape index (κ2) is 5.53. The molecule has 0 radical (unpaired) electrons. The van der Waals surface area contributed by atoms with Crippen LogP contribution in [0.2, 0.25) is 4.34 Å². The van der Waals surface area contributed by atoms with Gasteiger partial charge in [-0.05, 0) is 32.0 Å². The van der Waals surface area contributed by atoms with Gasteiger partial charge in [-0.1, -0.05) is 11.6 Å². The van der Waals surface area contributed by atoms with E-state index in [1.807, 2.05) is 12.1 Å². The van der Waals surface area contributed by atoms with Crippen LogP contribution in [0, 0.1) is 6.92 Å². The number of thiophene rings is 1. The second-order valence-corrected chi connectivity index (χ2v) is 6.55. The maximum atomic E-state index is 5.90. The van der Waals surface area contributed by atoms with Crippen LogP contribution >= 0.6 is 22.9 Å². The molecule has 0 bridgehead atoms. The molecule has 3 rings (SSSR count). The number of aromatic amines is 1. The van der Waals surface area contributed by atoms with E-state index in [2.05, 4.69) is 22.4 Å². The van der Waals surface area contributed by atoms with Crippen molar-refractivity contribution in [2.24, 2.45) is 0 Å². The van der Waals surface area contributed by atoms with Crippen molar-refractivity contribution in [3.05, 3.63) is 32.6 Å². The average Bonchev–Trinajstić information content (AvgIpc) is 3.09. The number of hydrogen-bond acceptors (Lipinski definition) is 4. The quantitative estimate of drug-likeness (QED) is 0.912. The van der Waals surface area contributed by atoms with E-state index in [9.17, 15) is 0 Å². The van der Waals surface area contributed by atoms with Crippen LogP contribution in [0.5, 0.6) is 5.88 Å². The highest BCUT2D eigenvalue weighted by atomic mass is 35.5.